The fourth-order valence-electron chi connectivity index (χ4n) is 1.26. The highest BCUT2D eigenvalue weighted by atomic mass is 79.9. The van der Waals surface area contributed by atoms with Crippen molar-refractivity contribution in [2.45, 2.75) is 33.2 Å². The number of aryl methyl sites for hydroxylation is 1. The minimum absolute atomic E-state index is 0.0375. The van der Waals surface area contributed by atoms with Crippen LogP contribution in [-0.4, -0.2) is 18.0 Å². The summed E-state index contributed by atoms with van der Waals surface area (Å²) in [5.74, 6) is -0.0375. The molecule has 3 nitrogen and oxygen atoms in total. The maximum absolute atomic E-state index is 11.7. The summed E-state index contributed by atoms with van der Waals surface area (Å²) < 4.78 is 0.904. The van der Waals surface area contributed by atoms with Crippen LogP contribution in [0.5, 0.6) is 0 Å². The lowest BCUT2D eigenvalue weighted by Gasteiger charge is -2.20. The molecule has 0 radical (unpaired) electrons. The van der Waals surface area contributed by atoms with Crippen LogP contribution in [0.15, 0.2) is 22.7 Å². The van der Waals surface area contributed by atoms with E-state index in [0.717, 1.165) is 15.7 Å². The number of rotatable bonds is 3. The van der Waals surface area contributed by atoms with Crippen molar-refractivity contribution in [1.29, 1.82) is 0 Å². The molecule has 4 heteroatoms. The van der Waals surface area contributed by atoms with Crippen molar-refractivity contribution >= 4 is 27.5 Å². The molecule has 0 heterocycles. The average molecular weight is 299 g/mol. The quantitative estimate of drug-likeness (QED) is 0.900. The van der Waals surface area contributed by atoms with E-state index in [0.29, 0.717) is 6.54 Å². The molecule has 0 fully saturated rings. The normalized spacial score (nSPS) is 11.4. The molecule has 0 aliphatic carbocycles. The summed E-state index contributed by atoms with van der Waals surface area (Å²) in [6.07, 6.45) is 0. The molecule has 0 atom stereocenters. The van der Waals surface area contributed by atoms with E-state index in [4.69, 9.17) is 0 Å². The van der Waals surface area contributed by atoms with Crippen molar-refractivity contribution in [3.8, 4) is 0 Å². The highest BCUT2D eigenvalue weighted by Gasteiger charge is 2.12. The van der Waals surface area contributed by atoms with Crippen LogP contribution in [0.4, 0.5) is 5.69 Å². The van der Waals surface area contributed by atoms with Crippen LogP contribution in [-0.2, 0) is 4.79 Å². The first-order valence-corrected chi connectivity index (χ1v) is 6.38. The van der Waals surface area contributed by atoms with Gasteiger partial charge in [0.05, 0.1) is 12.2 Å². The SMILES string of the molecule is Cc1ccc(NC(=O)CNC(C)(C)C)c(Br)c1. The zero-order valence-corrected chi connectivity index (χ0v) is 12.3. The third-order valence-corrected chi connectivity index (χ3v) is 2.83. The summed E-state index contributed by atoms with van der Waals surface area (Å²) in [4.78, 5) is 11.7. The van der Waals surface area contributed by atoms with E-state index in [1.165, 1.54) is 0 Å². The maximum atomic E-state index is 11.7. The molecule has 0 bridgehead atoms. The molecule has 94 valence electrons. The van der Waals surface area contributed by atoms with Gasteiger partial charge in [-0.1, -0.05) is 6.07 Å². The Labute approximate surface area is 111 Å². The van der Waals surface area contributed by atoms with Crippen LogP contribution in [0, 0.1) is 6.92 Å². The van der Waals surface area contributed by atoms with E-state index >= 15 is 0 Å². The Morgan fingerprint density at radius 2 is 2.00 bits per heavy atom. The largest absolute Gasteiger partial charge is 0.324 e. The van der Waals surface area contributed by atoms with Crippen LogP contribution in [0.3, 0.4) is 0 Å². The number of anilines is 1. The van der Waals surface area contributed by atoms with Crippen LogP contribution in [0.25, 0.3) is 0 Å². The lowest BCUT2D eigenvalue weighted by molar-refractivity contribution is -0.115. The van der Waals surface area contributed by atoms with Crippen molar-refractivity contribution in [2.24, 2.45) is 0 Å². The highest BCUT2D eigenvalue weighted by Crippen LogP contribution is 2.23. The molecule has 0 saturated carbocycles. The molecule has 1 amide bonds. The Balaban J connectivity index is 2.57. The second-order valence-corrected chi connectivity index (χ2v) is 5.99. The van der Waals surface area contributed by atoms with Crippen molar-refractivity contribution in [3.63, 3.8) is 0 Å². The van der Waals surface area contributed by atoms with E-state index in [1.54, 1.807) is 0 Å². The smallest absolute Gasteiger partial charge is 0.238 e. The molecule has 17 heavy (non-hydrogen) atoms. The van der Waals surface area contributed by atoms with Gasteiger partial charge in [-0.05, 0) is 61.3 Å². The van der Waals surface area contributed by atoms with Gasteiger partial charge in [0.1, 0.15) is 0 Å². The average Bonchev–Trinajstić information content (AvgIpc) is 2.18. The highest BCUT2D eigenvalue weighted by molar-refractivity contribution is 9.10. The number of hydrogen-bond acceptors (Lipinski definition) is 2. The van der Waals surface area contributed by atoms with E-state index in [1.807, 2.05) is 45.9 Å². The van der Waals surface area contributed by atoms with Gasteiger partial charge in [-0.3, -0.25) is 4.79 Å². The van der Waals surface area contributed by atoms with Gasteiger partial charge in [0.2, 0.25) is 5.91 Å². The summed E-state index contributed by atoms with van der Waals surface area (Å²) in [5, 5.41) is 6.01. The predicted octanol–water partition coefficient (Wildman–Crippen LogP) is 3.08. The first-order valence-electron chi connectivity index (χ1n) is 5.59. The summed E-state index contributed by atoms with van der Waals surface area (Å²) in [6, 6.07) is 5.85. The van der Waals surface area contributed by atoms with E-state index in [9.17, 15) is 4.79 Å². The number of benzene rings is 1. The Morgan fingerprint density at radius 3 is 2.53 bits per heavy atom. The van der Waals surface area contributed by atoms with Gasteiger partial charge in [-0.15, -0.1) is 0 Å². The monoisotopic (exact) mass is 298 g/mol. The number of carbonyl (C=O) groups is 1. The summed E-state index contributed by atoms with van der Waals surface area (Å²) >= 11 is 3.43. The molecule has 0 saturated heterocycles. The van der Waals surface area contributed by atoms with E-state index < -0.39 is 0 Å². The Hall–Kier alpha value is -0.870. The standard InChI is InChI=1S/C13H19BrN2O/c1-9-5-6-11(10(14)7-9)16-12(17)8-15-13(2,3)4/h5-7,15H,8H2,1-4H3,(H,16,17). The van der Waals surface area contributed by atoms with Crippen molar-refractivity contribution < 1.29 is 4.79 Å². The van der Waals surface area contributed by atoms with Gasteiger partial charge in [-0.2, -0.15) is 0 Å². The number of hydrogen-bond donors (Lipinski definition) is 2. The fourth-order valence-corrected chi connectivity index (χ4v) is 1.85. The molecule has 1 aromatic rings. The summed E-state index contributed by atoms with van der Waals surface area (Å²) in [6.45, 7) is 8.41. The lowest BCUT2D eigenvalue weighted by Crippen LogP contribution is -2.41. The molecule has 0 aliphatic heterocycles. The zero-order valence-electron chi connectivity index (χ0n) is 10.7. The van der Waals surface area contributed by atoms with Crippen molar-refractivity contribution in [3.05, 3.63) is 28.2 Å². The Kier molecular flexibility index (Phi) is 4.71. The van der Waals surface area contributed by atoms with Gasteiger partial charge < -0.3 is 10.6 Å². The van der Waals surface area contributed by atoms with Crippen LogP contribution in [0.2, 0.25) is 0 Å². The molecule has 0 unspecified atom stereocenters. The first-order chi connectivity index (χ1) is 7.78. The minimum atomic E-state index is -0.0537. The maximum Gasteiger partial charge on any atom is 0.238 e. The van der Waals surface area contributed by atoms with Crippen LogP contribution < -0.4 is 10.6 Å². The topological polar surface area (TPSA) is 41.1 Å². The van der Waals surface area contributed by atoms with Gasteiger partial charge >= 0.3 is 0 Å². The van der Waals surface area contributed by atoms with Crippen LogP contribution in [0.1, 0.15) is 26.3 Å². The lowest BCUT2D eigenvalue weighted by atomic mass is 10.1. The van der Waals surface area contributed by atoms with Gasteiger partial charge in [0, 0.05) is 10.0 Å². The second-order valence-electron chi connectivity index (χ2n) is 5.14. The molecule has 0 spiro atoms. The molecule has 1 rings (SSSR count). The molecular formula is C13H19BrN2O. The summed E-state index contributed by atoms with van der Waals surface area (Å²) in [7, 11) is 0. The van der Waals surface area contributed by atoms with Crippen LogP contribution >= 0.6 is 15.9 Å². The third kappa shape index (κ3) is 5.33. The first kappa shape index (κ1) is 14.2. The molecule has 1 aromatic carbocycles. The minimum Gasteiger partial charge on any atom is -0.324 e. The fraction of sp³-hybridized carbons (Fsp3) is 0.462. The van der Waals surface area contributed by atoms with E-state index in [2.05, 4.69) is 26.6 Å². The van der Waals surface area contributed by atoms with Gasteiger partial charge in [0.25, 0.3) is 0 Å². The predicted molar refractivity (Wildman–Crippen MR) is 75.3 cm³/mol. The van der Waals surface area contributed by atoms with E-state index in [-0.39, 0.29) is 11.4 Å². The second kappa shape index (κ2) is 5.65. The number of carbonyl (C=O) groups excluding carboxylic acids is 1. The Bertz CT molecular complexity index is 410. The van der Waals surface area contributed by atoms with Crippen molar-refractivity contribution in [1.82, 2.24) is 5.32 Å². The number of amides is 1. The molecule has 0 aromatic heterocycles. The number of halogens is 1. The Morgan fingerprint density at radius 1 is 1.35 bits per heavy atom. The molecule has 2 N–H and O–H groups in total. The summed E-state index contributed by atoms with van der Waals surface area (Å²) in [5.41, 5.74) is 1.90. The molecule has 0 aliphatic rings. The van der Waals surface area contributed by atoms with Crippen molar-refractivity contribution in [2.75, 3.05) is 11.9 Å². The zero-order chi connectivity index (χ0) is 13.1. The van der Waals surface area contributed by atoms with Gasteiger partial charge in [0.15, 0.2) is 0 Å². The van der Waals surface area contributed by atoms with Gasteiger partial charge in [-0.25, -0.2) is 0 Å². The molecular weight excluding hydrogens is 280 g/mol. The number of nitrogens with one attached hydrogen (secondary N) is 2. The third-order valence-electron chi connectivity index (χ3n) is 2.18.